The van der Waals surface area contributed by atoms with Crippen LogP contribution in [0.3, 0.4) is 0 Å². The van der Waals surface area contributed by atoms with E-state index < -0.39 is 11.7 Å². The summed E-state index contributed by atoms with van der Waals surface area (Å²) < 4.78 is 48.8. The summed E-state index contributed by atoms with van der Waals surface area (Å²) in [5.41, 5.74) is 0.255. The second-order valence-corrected chi connectivity index (χ2v) is 7.15. The van der Waals surface area contributed by atoms with Gasteiger partial charge in [-0.15, -0.1) is 0 Å². The highest BCUT2D eigenvalue weighted by Gasteiger charge is 2.30. The van der Waals surface area contributed by atoms with E-state index in [0.717, 1.165) is 49.4 Å². The van der Waals surface area contributed by atoms with Gasteiger partial charge in [0, 0.05) is 6.54 Å². The molecule has 1 atom stereocenters. The zero-order chi connectivity index (χ0) is 21.6. The van der Waals surface area contributed by atoms with Gasteiger partial charge in [-0.3, -0.25) is 9.69 Å². The average molecular weight is 422 g/mol. The van der Waals surface area contributed by atoms with E-state index in [4.69, 9.17) is 9.47 Å². The first-order valence-corrected chi connectivity index (χ1v) is 9.81. The van der Waals surface area contributed by atoms with Gasteiger partial charge in [-0.1, -0.05) is 18.2 Å². The van der Waals surface area contributed by atoms with Crippen LogP contribution in [0.1, 0.15) is 30.0 Å². The van der Waals surface area contributed by atoms with E-state index in [9.17, 15) is 18.0 Å². The molecule has 162 valence electrons. The van der Waals surface area contributed by atoms with Crippen LogP contribution in [-0.2, 0) is 11.0 Å². The van der Waals surface area contributed by atoms with E-state index >= 15 is 0 Å². The third-order valence-electron chi connectivity index (χ3n) is 5.11. The lowest BCUT2D eigenvalue weighted by Gasteiger charge is -2.28. The monoisotopic (exact) mass is 422 g/mol. The molecular weight excluding hydrogens is 397 g/mol. The van der Waals surface area contributed by atoms with Crippen molar-refractivity contribution >= 4 is 5.91 Å². The molecule has 0 saturated carbocycles. The molecule has 3 rings (SSSR count). The highest BCUT2D eigenvalue weighted by Crippen LogP contribution is 2.31. The fraction of sp³-hybridized carbons (Fsp3) is 0.409. The normalized spacial score (nSPS) is 15.6. The van der Waals surface area contributed by atoms with Crippen LogP contribution in [-0.4, -0.2) is 44.2 Å². The van der Waals surface area contributed by atoms with Crippen LogP contribution in [0.4, 0.5) is 13.2 Å². The summed E-state index contributed by atoms with van der Waals surface area (Å²) in [6.07, 6.45) is -2.23. The van der Waals surface area contributed by atoms with Crippen LogP contribution in [0.15, 0.2) is 48.5 Å². The Balaban J connectivity index is 1.57. The number of methoxy groups -OCH3 is 1. The molecule has 1 fully saturated rings. The molecule has 0 bridgehead atoms. The third-order valence-corrected chi connectivity index (χ3v) is 5.11. The predicted molar refractivity (Wildman–Crippen MR) is 106 cm³/mol. The van der Waals surface area contributed by atoms with Crippen molar-refractivity contribution in [2.75, 3.05) is 33.4 Å². The summed E-state index contributed by atoms with van der Waals surface area (Å²) in [4.78, 5) is 14.6. The average Bonchev–Trinajstić information content (AvgIpc) is 3.27. The Kier molecular flexibility index (Phi) is 7.20. The molecule has 1 N–H and O–H groups in total. The molecule has 5 nitrogen and oxygen atoms in total. The number of nitrogens with zero attached hydrogens (tertiary/aromatic N) is 1. The van der Waals surface area contributed by atoms with Gasteiger partial charge < -0.3 is 14.8 Å². The topological polar surface area (TPSA) is 50.8 Å². The van der Waals surface area contributed by atoms with Gasteiger partial charge >= 0.3 is 6.18 Å². The first-order chi connectivity index (χ1) is 14.4. The number of halogens is 3. The minimum absolute atomic E-state index is 0.00576. The Morgan fingerprint density at radius 3 is 2.43 bits per heavy atom. The number of alkyl halides is 3. The number of amides is 1. The molecule has 0 aliphatic carbocycles. The number of benzene rings is 2. The van der Waals surface area contributed by atoms with Crippen molar-refractivity contribution in [1.82, 2.24) is 10.2 Å². The van der Waals surface area contributed by atoms with Gasteiger partial charge in [-0.25, -0.2) is 0 Å². The zero-order valence-electron chi connectivity index (χ0n) is 16.7. The second kappa shape index (κ2) is 9.84. The van der Waals surface area contributed by atoms with Gasteiger partial charge in [0.25, 0.3) is 5.91 Å². The Morgan fingerprint density at radius 2 is 1.80 bits per heavy atom. The van der Waals surface area contributed by atoms with Crippen molar-refractivity contribution in [3.8, 4) is 11.5 Å². The van der Waals surface area contributed by atoms with E-state index in [2.05, 4.69) is 10.2 Å². The number of ether oxygens (including phenoxy) is 2. The Morgan fingerprint density at radius 1 is 1.10 bits per heavy atom. The Labute approximate surface area is 173 Å². The van der Waals surface area contributed by atoms with Crippen molar-refractivity contribution in [2.24, 2.45) is 0 Å². The SMILES string of the molecule is COc1ccc([C@@H](CNC(=O)COc2cccc(C(F)(F)F)c2)N2CCCC2)cc1. The van der Waals surface area contributed by atoms with Gasteiger partial charge in [0.1, 0.15) is 11.5 Å². The Bertz CT molecular complexity index is 834. The number of hydrogen-bond donors (Lipinski definition) is 1. The summed E-state index contributed by atoms with van der Waals surface area (Å²) in [6, 6.07) is 12.2. The summed E-state index contributed by atoms with van der Waals surface area (Å²) in [7, 11) is 1.61. The molecule has 1 amide bonds. The van der Waals surface area contributed by atoms with Crippen LogP contribution >= 0.6 is 0 Å². The van der Waals surface area contributed by atoms with Crippen LogP contribution in [0.25, 0.3) is 0 Å². The molecular formula is C22H25F3N2O3. The van der Waals surface area contributed by atoms with E-state index in [-0.39, 0.29) is 24.3 Å². The van der Waals surface area contributed by atoms with Gasteiger partial charge in [-0.2, -0.15) is 13.2 Å². The van der Waals surface area contributed by atoms with E-state index in [1.54, 1.807) is 7.11 Å². The number of hydrogen-bond acceptors (Lipinski definition) is 4. The molecule has 30 heavy (non-hydrogen) atoms. The molecule has 8 heteroatoms. The predicted octanol–water partition coefficient (Wildman–Crippen LogP) is 4.05. The summed E-state index contributed by atoms with van der Waals surface area (Å²) >= 11 is 0. The highest BCUT2D eigenvalue weighted by molar-refractivity contribution is 5.77. The van der Waals surface area contributed by atoms with E-state index in [0.29, 0.717) is 6.54 Å². The number of rotatable bonds is 8. The van der Waals surface area contributed by atoms with Crippen molar-refractivity contribution in [3.63, 3.8) is 0 Å². The standard InChI is InChI=1S/C22H25F3N2O3/c1-29-18-9-7-16(8-10-18)20(27-11-2-3-12-27)14-26-21(28)15-30-19-6-4-5-17(13-19)22(23,24)25/h4-10,13,20H,2-3,11-12,14-15H2,1H3,(H,26,28)/t20-/m1/s1. The maximum atomic E-state index is 12.8. The van der Waals surface area contributed by atoms with Crippen LogP contribution in [0.2, 0.25) is 0 Å². The molecule has 2 aromatic rings. The lowest BCUT2D eigenvalue weighted by atomic mass is 10.1. The second-order valence-electron chi connectivity index (χ2n) is 7.15. The van der Waals surface area contributed by atoms with Crippen molar-refractivity contribution in [1.29, 1.82) is 0 Å². The molecule has 2 aromatic carbocycles. The molecule has 0 radical (unpaired) electrons. The van der Waals surface area contributed by atoms with Crippen molar-refractivity contribution < 1.29 is 27.4 Å². The Hall–Kier alpha value is -2.74. The fourth-order valence-electron chi connectivity index (χ4n) is 3.51. The van der Waals surface area contributed by atoms with Crippen molar-refractivity contribution in [2.45, 2.75) is 25.1 Å². The fourth-order valence-corrected chi connectivity index (χ4v) is 3.51. The summed E-state index contributed by atoms with van der Waals surface area (Å²) in [5.74, 6) is 0.383. The summed E-state index contributed by atoms with van der Waals surface area (Å²) in [5, 5.41) is 2.84. The largest absolute Gasteiger partial charge is 0.497 e. The summed E-state index contributed by atoms with van der Waals surface area (Å²) in [6.45, 7) is 1.94. The molecule has 0 unspecified atom stereocenters. The molecule has 1 heterocycles. The van der Waals surface area contributed by atoms with Gasteiger partial charge in [-0.05, 0) is 61.8 Å². The molecule has 1 aliphatic heterocycles. The maximum Gasteiger partial charge on any atom is 0.416 e. The van der Waals surface area contributed by atoms with Crippen LogP contribution < -0.4 is 14.8 Å². The lowest BCUT2D eigenvalue weighted by molar-refractivity contribution is -0.137. The van der Waals surface area contributed by atoms with Gasteiger partial charge in [0.15, 0.2) is 6.61 Å². The number of nitrogens with one attached hydrogen (secondary N) is 1. The number of likely N-dealkylation sites (tertiary alicyclic amines) is 1. The minimum Gasteiger partial charge on any atom is -0.497 e. The van der Waals surface area contributed by atoms with Crippen LogP contribution in [0.5, 0.6) is 11.5 Å². The molecule has 1 aliphatic rings. The number of carbonyl (C=O) groups is 1. The molecule has 0 aromatic heterocycles. The van der Waals surface area contributed by atoms with E-state index in [1.165, 1.54) is 12.1 Å². The first-order valence-electron chi connectivity index (χ1n) is 9.81. The highest BCUT2D eigenvalue weighted by atomic mass is 19.4. The minimum atomic E-state index is -4.46. The van der Waals surface area contributed by atoms with Gasteiger partial charge in [0.2, 0.25) is 0 Å². The quantitative estimate of drug-likeness (QED) is 0.698. The molecule has 0 spiro atoms. The molecule has 1 saturated heterocycles. The smallest absolute Gasteiger partial charge is 0.416 e. The third kappa shape index (κ3) is 5.89. The van der Waals surface area contributed by atoms with E-state index in [1.807, 2.05) is 24.3 Å². The lowest BCUT2D eigenvalue weighted by Crippen LogP contribution is -2.38. The maximum absolute atomic E-state index is 12.8. The van der Waals surface area contributed by atoms with Gasteiger partial charge in [0.05, 0.1) is 18.7 Å². The zero-order valence-corrected chi connectivity index (χ0v) is 16.7. The van der Waals surface area contributed by atoms with Crippen LogP contribution in [0, 0.1) is 0 Å². The van der Waals surface area contributed by atoms with Crippen molar-refractivity contribution in [3.05, 3.63) is 59.7 Å². The number of carbonyl (C=O) groups excluding carboxylic acids is 1. The first kappa shape index (κ1) is 22.0.